The van der Waals surface area contributed by atoms with Gasteiger partial charge in [0.2, 0.25) is 0 Å². The first-order valence-electron chi connectivity index (χ1n) is 5.35. The highest BCUT2D eigenvalue weighted by atomic mass is 79.9. The van der Waals surface area contributed by atoms with Crippen LogP contribution in [0, 0.1) is 10.1 Å². The Morgan fingerprint density at radius 2 is 2.21 bits per heavy atom. The van der Waals surface area contributed by atoms with Crippen LogP contribution in [0.1, 0.15) is 6.42 Å². The lowest BCUT2D eigenvalue weighted by molar-refractivity contribution is -0.385. The molecule has 1 unspecified atom stereocenters. The van der Waals surface area contributed by atoms with Crippen molar-refractivity contribution < 1.29 is 19.2 Å². The molecule has 2 N–H and O–H groups in total. The average molecular weight is 333 g/mol. The van der Waals surface area contributed by atoms with Gasteiger partial charge in [-0.25, -0.2) is 0 Å². The second-order valence-corrected chi connectivity index (χ2v) is 4.58. The van der Waals surface area contributed by atoms with Gasteiger partial charge in [-0.2, -0.15) is 0 Å². The molecule has 0 aliphatic heterocycles. The molecule has 19 heavy (non-hydrogen) atoms. The molecule has 0 fully saturated rings. The largest absolute Gasteiger partial charge is 0.493 e. The van der Waals surface area contributed by atoms with E-state index in [1.165, 1.54) is 19.2 Å². The highest BCUT2D eigenvalue weighted by Crippen LogP contribution is 2.26. The van der Waals surface area contributed by atoms with Crippen LogP contribution in [-0.2, 0) is 9.53 Å². The molecular weight excluding hydrogens is 320 g/mol. The molecule has 0 aliphatic rings. The Balaban J connectivity index is 2.58. The Labute approximate surface area is 118 Å². The maximum Gasteiger partial charge on any atom is 0.322 e. The van der Waals surface area contributed by atoms with Crippen molar-refractivity contribution in [3.63, 3.8) is 0 Å². The van der Waals surface area contributed by atoms with Crippen LogP contribution in [-0.4, -0.2) is 30.7 Å². The average Bonchev–Trinajstić information content (AvgIpc) is 2.36. The highest BCUT2D eigenvalue weighted by molar-refractivity contribution is 9.10. The van der Waals surface area contributed by atoms with Crippen LogP contribution in [0.15, 0.2) is 22.7 Å². The normalized spacial score (nSPS) is 11.7. The molecule has 0 spiro atoms. The molecule has 1 aromatic carbocycles. The number of ether oxygens (including phenoxy) is 2. The quantitative estimate of drug-likeness (QED) is 0.482. The number of nitrogens with zero attached hydrogens (tertiary/aromatic N) is 1. The Hall–Kier alpha value is -1.67. The van der Waals surface area contributed by atoms with E-state index in [0.29, 0.717) is 10.2 Å². The predicted octanol–water partition coefficient (Wildman–Crippen LogP) is 1.63. The number of rotatable bonds is 6. The van der Waals surface area contributed by atoms with Gasteiger partial charge >= 0.3 is 5.97 Å². The van der Waals surface area contributed by atoms with E-state index in [2.05, 4.69) is 20.7 Å². The van der Waals surface area contributed by atoms with Crippen molar-refractivity contribution in [3.8, 4) is 5.75 Å². The van der Waals surface area contributed by atoms with Crippen molar-refractivity contribution in [1.29, 1.82) is 0 Å². The Bertz CT molecular complexity index is 480. The Morgan fingerprint density at radius 1 is 1.53 bits per heavy atom. The zero-order valence-corrected chi connectivity index (χ0v) is 11.8. The molecular formula is C11H13BrN2O5. The van der Waals surface area contributed by atoms with Crippen molar-refractivity contribution in [2.24, 2.45) is 5.73 Å². The van der Waals surface area contributed by atoms with Crippen LogP contribution in [0.2, 0.25) is 0 Å². The third kappa shape index (κ3) is 4.84. The molecule has 0 heterocycles. The summed E-state index contributed by atoms with van der Waals surface area (Å²) in [6, 6.07) is 3.49. The summed E-state index contributed by atoms with van der Waals surface area (Å²) >= 11 is 3.15. The first-order chi connectivity index (χ1) is 8.93. The SMILES string of the molecule is COC(=O)C(N)CCOc1cc(Br)cc([N+](=O)[O-])c1. The van der Waals surface area contributed by atoms with Gasteiger partial charge < -0.3 is 15.2 Å². The van der Waals surface area contributed by atoms with Gasteiger partial charge in [0, 0.05) is 17.0 Å². The van der Waals surface area contributed by atoms with Crippen molar-refractivity contribution in [1.82, 2.24) is 0 Å². The van der Waals surface area contributed by atoms with E-state index in [4.69, 9.17) is 10.5 Å². The van der Waals surface area contributed by atoms with Gasteiger partial charge in [0.25, 0.3) is 5.69 Å². The number of carbonyl (C=O) groups excluding carboxylic acids is 1. The van der Waals surface area contributed by atoms with Crippen molar-refractivity contribution in [2.75, 3.05) is 13.7 Å². The predicted molar refractivity (Wildman–Crippen MR) is 70.9 cm³/mol. The third-order valence-corrected chi connectivity index (χ3v) is 2.73. The zero-order valence-electron chi connectivity index (χ0n) is 10.2. The summed E-state index contributed by atoms with van der Waals surface area (Å²) in [5.41, 5.74) is 5.45. The van der Waals surface area contributed by atoms with Crippen LogP contribution in [0.4, 0.5) is 5.69 Å². The lowest BCUT2D eigenvalue weighted by Crippen LogP contribution is -2.33. The summed E-state index contributed by atoms with van der Waals surface area (Å²) in [4.78, 5) is 21.2. The number of nitrogens with two attached hydrogens (primary N) is 1. The van der Waals surface area contributed by atoms with Crippen LogP contribution in [0.3, 0.4) is 0 Å². The van der Waals surface area contributed by atoms with E-state index in [1.54, 1.807) is 6.07 Å². The highest BCUT2D eigenvalue weighted by Gasteiger charge is 2.14. The Kier molecular flexibility index (Phi) is 5.71. The zero-order chi connectivity index (χ0) is 14.4. The number of nitro benzene ring substituents is 1. The number of hydrogen-bond acceptors (Lipinski definition) is 6. The minimum absolute atomic E-state index is 0.0818. The molecule has 0 radical (unpaired) electrons. The van der Waals surface area contributed by atoms with Crippen LogP contribution < -0.4 is 10.5 Å². The summed E-state index contributed by atoms with van der Waals surface area (Å²) < 4.78 is 10.3. The van der Waals surface area contributed by atoms with Crippen LogP contribution in [0.5, 0.6) is 5.75 Å². The molecule has 1 aromatic rings. The number of non-ortho nitro benzene ring substituents is 1. The first kappa shape index (κ1) is 15.4. The first-order valence-corrected chi connectivity index (χ1v) is 6.14. The molecule has 0 saturated carbocycles. The smallest absolute Gasteiger partial charge is 0.322 e. The van der Waals surface area contributed by atoms with E-state index < -0.39 is 16.9 Å². The van der Waals surface area contributed by atoms with Gasteiger partial charge in [-0.05, 0) is 6.07 Å². The number of methoxy groups -OCH3 is 1. The van der Waals surface area contributed by atoms with E-state index in [-0.39, 0.29) is 18.7 Å². The fraction of sp³-hybridized carbons (Fsp3) is 0.364. The summed E-state index contributed by atoms with van der Waals surface area (Å²) in [5, 5.41) is 10.7. The topological polar surface area (TPSA) is 105 Å². The molecule has 0 aliphatic carbocycles. The van der Waals surface area contributed by atoms with Crippen molar-refractivity contribution in [3.05, 3.63) is 32.8 Å². The fourth-order valence-electron chi connectivity index (χ4n) is 1.31. The van der Waals surface area contributed by atoms with Gasteiger partial charge in [-0.1, -0.05) is 15.9 Å². The van der Waals surface area contributed by atoms with Crippen LogP contribution in [0.25, 0.3) is 0 Å². The van der Waals surface area contributed by atoms with E-state index in [9.17, 15) is 14.9 Å². The molecule has 1 atom stereocenters. The molecule has 0 aromatic heterocycles. The Morgan fingerprint density at radius 3 is 2.79 bits per heavy atom. The van der Waals surface area contributed by atoms with E-state index in [0.717, 1.165) is 0 Å². The lowest BCUT2D eigenvalue weighted by atomic mass is 10.2. The molecule has 1 rings (SSSR count). The number of benzene rings is 1. The minimum Gasteiger partial charge on any atom is -0.493 e. The fourth-order valence-corrected chi connectivity index (χ4v) is 1.77. The summed E-state index contributed by atoms with van der Waals surface area (Å²) in [5.74, 6) is -0.193. The van der Waals surface area contributed by atoms with Gasteiger partial charge in [0.05, 0.1) is 24.7 Å². The number of hydrogen-bond donors (Lipinski definition) is 1. The maximum atomic E-state index is 11.1. The number of carbonyl (C=O) groups is 1. The third-order valence-electron chi connectivity index (χ3n) is 2.27. The molecule has 7 nitrogen and oxygen atoms in total. The number of halogens is 1. The van der Waals surface area contributed by atoms with Gasteiger partial charge in [-0.15, -0.1) is 0 Å². The van der Waals surface area contributed by atoms with Crippen molar-refractivity contribution in [2.45, 2.75) is 12.5 Å². The van der Waals surface area contributed by atoms with Crippen molar-refractivity contribution >= 4 is 27.6 Å². The number of esters is 1. The summed E-state index contributed by atoms with van der Waals surface area (Å²) in [6.45, 7) is 0.157. The van der Waals surface area contributed by atoms with E-state index >= 15 is 0 Å². The molecule has 0 amide bonds. The molecule has 8 heteroatoms. The number of nitro groups is 1. The second-order valence-electron chi connectivity index (χ2n) is 3.67. The molecule has 0 saturated heterocycles. The summed E-state index contributed by atoms with van der Waals surface area (Å²) in [7, 11) is 1.25. The maximum absolute atomic E-state index is 11.1. The van der Waals surface area contributed by atoms with Crippen LogP contribution >= 0.6 is 15.9 Å². The van der Waals surface area contributed by atoms with Gasteiger partial charge in [-0.3, -0.25) is 14.9 Å². The molecule has 104 valence electrons. The standard InChI is InChI=1S/C11H13BrN2O5/c1-18-11(15)10(13)2-3-19-9-5-7(12)4-8(6-9)14(16)17/h4-6,10H,2-3,13H2,1H3. The monoisotopic (exact) mass is 332 g/mol. The van der Waals surface area contributed by atoms with E-state index in [1.807, 2.05) is 0 Å². The minimum atomic E-state index is -0.771. The molecule has 0 bridgehead atoms. The second kappa shape index (κ2) is 7.05. The lowest BCUT2D eigenvalue weighted by Gasteiger charge is -2.10. The van der Waals surface area contributed by atoms with Gasteiger partial charge in [0.1, 0.15) is 11.8 Å². The van der Waals surface area contributed by atoms with Gasteiger partial charge in [0.15, 0.2) is 0 Å². The summed E-state index contributed by atoms with van der Waals surface area (Å²) in [6.07, 6.45) is 0.257.